The van der Waals surface area contributed by atoms with Gasteiger partial charge in [-0.05, 0) is 30.6 Å². The summed E-state index contributed by atoms with van der Waals surface area (Å²) >= 11 is 1.97. The number of rotatable bonds is 2. The Morgan fingerprint density at radius 1 is 1.26 bits per heavy atom. The second kappa shape index (κ2) is 4.25. The maximum Gasteiger partial charge on any atom is 0.244 e. The molecule has 3 fully saturated rings. The minimum atomic E-state index is -0.215. The lowest BCUT2D eigenvalue weighted by Gasteiger charge is -2.30. The zero-order valence-electron chi connectivity index (χ0n) is 10.8. The number of nitrogens with zero attached hydrogens (tertiary/aromatic N) is 1. The van der Waals surface area contributed by atoms with Crippen LogP contribution in [0.5, 0.6) is 0 Å². The summed E-state index contributed by atoms with van der Waals surface area (Å²) < 4.78 is 0. The molecule has 2 atom stereocenters. The molecule has 0 bridgehead atoms. The van der Waals surface area contributed by atoms with E-state index in [0.717, 1.165) is 25.0 Å². The molecule has 0 aromatic heterocycles. The second-order valence-corrected chi connectivity index (χ2v) is 6.92. The molecular weight excluding hydrogens is 256 g/mol. The number of carbonyl (C=O) groups is 1. The van der Waals surface area contributed by atoms with Gasteiger partial charge < -0.3 is 4.90 Å². The van der Waals surface area contributed by atoms with Crippen LogP contribution in [0.2, 0.25) is 0 Å². The smallest absolute Gasteiger partial charge is 0.244 e. The molecule has 2 heterocycles. The minimum Gasteiger partial charge on any atom is -0.317 e. The van der Waals surface area contributed by atoms with Crippen molar-refractivity contribution in [3.63, 3.8) is 0 Å². The van der Waals surface area contributed by atoms with E-state index in [1.807, 2.05) is 17.8 Å². The van der Waals surface area contributed by atoms with E-state index in [2.05, 4.69) is 34.5 Å². The fourth-order valence-corrected chi connectivity index (χ4v) is 4.44. The van der Waals surface area contributed by atoms with Crippen LogP contribution in [-0.4, -0.2) is 33.9 Å². The number of hydrogen-bond donors (Lipinski definition) is 1. The summed E-state index contributed by atoms with van der Waals surface area (Å²) in [5.41, 5.74) is 1.00. The molecule has 100 valence electrons. The van der Waals surface area contributed by atoms with E-state index < -0.39 is 0 Å². The van der Waals surface area contributed by atoms with Gasteiger partial charge in [-0.3, -0.25) is 10.1 Å². The van der Waals surface area contributed by atoms with Crippen LogP contribution in [-0.2, 0) is 4.79 Å². The molecule has 1 aromatic rings. The Morgan fingerprint density at radius 3 is 2.68 bits per heavy atom. The molecule has 2 saturated heterocycles. The minimum absolute atomic E-state index is 0.0832. The fraction of sp³-hybridized carbons (Fsp3) is 0.533. The number of amides is 1. The Kier molecular flexibility index (Phi) is 2.64. The summed E-state index contributed by atoms with van der Waals surface area (Å²) in [5, 5.41) is 3.60. The lowest BCUT2D eigenvalue weighted by molar-refractivity contribution is -0.132. The fourth-order valence-electron chi connectivity index (χ4n) is 3.24. The summed E-state index contributed by atoms with van der Waals surface area (Å²) in [5.74, 6) is 2.62. The molecular formula is C15H18N2OS. The maximum absolute atomic E-state index is 12.7. The lowest BCUT2D eigenvalue weighted by atomic mass is 10.1. The molecule has 4 heteroatoms. The van der Waals surface area contributed by atoms with Gasteiger partial charge in [0.05, 0.1) is 0 Å². The number of nitrogens with one attached hydrogen (secondary N) is 1. The topological polar surface area (TPSA) is 32.3 Å². The molecule has 2 unspecified atom stereocenters. The summed E-state index contributed by atoms with van der Waals surface area (Å²) in [6, 6.07) is 10.8. The van der Waals surface area contributed by atoms with E-state index in [-0.39, 0.29) is 11.7 Å². The molecule has 19 heavy (non-hydrogen) atoms. The average Bonchev–Trinajstić information content (AvgIpc) is 2.91. The normalized spacial score (nSPS) is 32.2. The van der Waals surface area contributed by atoms with Gasteiger partial charge in [-0.25, -0.2) is 0 Å². The first kappa shape index (κ1) is 11.8. The van der Waals surface area contributed by atoms with Crippen LogP contribution in [0.3, 0.4) is 0 Å². The largest absolute Gasteiger partial charge is 0.317 e. The van der Waals surface area contributed by atoms with E-state index in [0.29, 0.717) is 11.9 Å². The average molecular weight is 274 g/mol. The highest BCUT2D eigenvalue weighted by Gasteiger charge is 2.60. The van der Waals surface area contributed by atoms with Crippen molar-refractivity contribution in [2.75, 3.05) is 11.5 Å². The van der Waals surface area contributed by atoms with Gasteiger partial charge in [0.2, 0.25) is 5.91 Å². The molecule has 1 aromatic carbocycles. The first-order valence-corrected chi connectivity index (χ1v) is 8.19. The van der Waals surface area contributed by atoms with Crippen molar-refractivity contribution in [3.8, 4) is 0 Å². The van der Waals surface area contributed by atoms with Crippen molar-refractivity contribution in [1.29, 1.82) is 0 Å². The molecule has 4 rings (SSSR count). The first-order valence-electron chi connectivity index (χ1n) is 7.03. The van der Waals surface area contributed by atoms with Gasteiger partial charge in [0.1, 0.15) is 11.7 Å². The summed E-state index contributed by atoms with van der Waals surface area (Å²) in [6.45, 7) is 0. The standard InChI is InChI=1S/C15H18N2OS/c18-14-15(7-8-15)16-13(11-4-2-1-3-5-11)17(14)12-6-9-19-10-12/h1-5,12-13,16H,6-10H2. The maximum atomic E-state index is 12.7. The Balaban J connectivity index is 1.69. The van der Waals surface area contributed by atoms with Crippen molar-refractivity contribution in [2.45, 2.75) is 37.0 Å². The molecule has 1 spiro atoms. The van der Waals surface area contributed by atoms with Gasteiger partial charge >= 0.3 is 0 Å². The number of hydrogen-bond acceptors (Lipinski definition) is 3. The third-order valence-electron chi connectivity index (χ3n) is 4.50. The monoisotopic (exact) mass is 274 g/mol. The van der Waals surface area contributed by atoms with Gasteiger partial charge in [-0.2, -0.15) is 11.8 Å². The Hall–Kier alpha value is -1.00. The third kappa shape index (κ3) is 1.81. The van der Waals surface area contributed by atoms with Crippen LogP contribution >= 0.6 is 11.8 Å². The van der Waals surface area contributed by atoms with Crippen molar-refractivity contribution in [1.82, 2.24) is 10.2 Å². The van der Waals surface area contributed by atoms with E-state index >= 15 is 0 Å². The van der Waals surface area contributed by atoms with Crippen LogP contribution in [0.1, 0.15) is 31.0 Å². The molecule has 1 saturated carbocycles. The molecule has 2 aliphatic heterocycles. The van der Waals surface area contributed by atoms with Gasteiger partial charge in [-0.15, -0.1) is 0 Å². The van der Waals surface area contributed by atoms with Crippen molar-refractivity contribution >= 4 is 17.7 Å². The highest BCUT2D eigenvalue weighted by Crippen LogP contribution is 2.47. The van der Waals surface area contributed by atoms with Gasteiger partial charge in [-0.1, -0.05) is 30.3 Å². The second-order valence-electron chi connectivity index (χ2n) is 5.77. The van der Waals surface area contributed by atoms with E-state index in [1.165, 1.54) is 11.3 Å². The Bertz CT molecular complexity index is 494. The predicted octanol–water partition coefficient (Wildman–Crippen LogP) is 2.16. The highest BCUT2D eigenvalue weighted by atomic mass is 32.2. The van der Waals surface area contributed by atoms with Crippen LogP contribution in [0, 0.1) is 0 Å². The Morgan fingerprint density at radius 2 is 2.05 bits per heavy atom. The lowest BCUT2D eigenvalue weighted by Crippen LogP contribution is -2.40. The summed E-state index contributed by atoms with van der Waals surface area (Å²) in [6.07, 6.45) is 3.23. The van der Waals surface area contributed by atoms with E-state index in [4.69, 9.17) is 0 Å². The quantitative estimate of drug-likeness (QED) is 0.897. The van der Waals surface area contributed by atoms with Gasteiger partial charge in [0.15, 0.2) is 0 Å². The van der Waals surface area contributed by atoms with E-state index in [9.17, 15) is 4.79 Å². The third-order valence-corrected chi connectivity index (χ3v) is 5.64. The Labute approximate surface area is 117 Å². The number of carbonyl (C=O) groups excluding carboxylic acids is 1. The number of thioether (sulfide) groups is 1. The van der Waals surface area contributed by atoms with Gasteiger partial charge in [0.25, 0.3) is 0 Å². The van der Waals surface area contributed by atoms with E-state index in [1.54, 1.807) is 0 Å². The molecule has 1 N–H and O–H groups in total. The number of benzene rings is 1. The van der Waals surface area contributed by atoms with Crippen molar-refractivity contribution < 1.29 is 4.79 Å². The van der Waals surface area contributed by atoms with Crippen molar-refractivity contribution in [3.05, 3.63) is 35.9 Å². The van der Waals surface area contributed by atoms with Crippen molar-refractivity contribution in [2.24, 2.45) is 0 Å². The molecule has 3 nitrogen and oxygen atoms in total. The first-order chi connectivity index (χ1) is 9.30. The molecule has 0 radical (unpaired) electrons. The summed E-state index contributed by atoms with van der Waals surface area (Å²) in [4.78, 5) is 14.9. The van der Waals surface area contributed by atoms with Gasteiger partial charge in [0, 0.05) is 11.8 Å². The zero-order chi connectivity index (χ0) is 12.9. The zero-order valence-corrected chi connectivity index (χ0v) is 11.7. The molecule has 1 aliphatic carbocycles. The predicted molar refractivity (Wildman–Crippen MR) is 76.9 cm³/mol. The molecule has 1 amide bonds. The summed E-state index contributed by atoms with van der Waals surface area (Å²) in [7, 11) is 0. The van der Waals surface area contributed by atoms with Crippen LogP contribution in [0.15, 0.2) is 30.3 Å². The van der Waals surface area contributed by atoms with Crippen LogP contribution in [0.4, 0.5) is 0 Å². The molecule has 3 aliphatic rings. The van der Waals surface area contributed by atoms with Crippen LogP contribution < -0.4 is 5.32 Å². The SMILES string of the molecule is O=C1N(C2CCSC2)C(c2ccccc2)NC12CC2. The van der Waals surface area contributed by atoms with Crippen LogP contribution in [0.25, 0.3) is 0 Å². The highest BCUT2D eigenvalue weighted by molar-refractivity contribution is 7.99.